The lowest BCUT2D eigenvalue weighted by atomic mass is 9.34. The van der Waals surface area contributed by atoms with E-state index in [4.69, 9.17) is 35.2 Å². The quantitative estimate of drug-likeness (QED) is 0.205. The van der Waals surface area contributed by atoms with E-state index in [9.17, 15) is 23.1 Å². The molecule has 61 heavy (non-hydrogen) atoms. The first-order chi connectivity index (χ1) is 28.0. The van der Waals surface area contributed by atoms with E-state index in [2.05, 4.69) is 111 Å². The molecular formula is C47H70F3N5O6. The van der Waals surface area contributed by atoms with Gasteiger partial charge in [0.25, 0.3) is 0 Å². The Bertz CT molecular complexity index is 1990. The minimum atomic E-state index is -5.19. The van der Waals surface area contributed by atoms with Crippen LogP contribution in [-0.4, -0.2) is 69.4 Å². The van der Waals surface area contributed by atoms with Gasteiger partial charge < -0.3 is 30.2 Å². The van der Waals surface area contributed by atoms with Gasteiger partial charge in [0.05, 0.1) is 37.9 Å². The lowest BCUT2D eigenvalue weighted by Crippen LogP contribution is -2.69. The highest BCUT2D eigenvalue weighted by Gasteiger charge is 2.72. The molecular weight excluding hydrogens is 788 g/mol. The van der Waals surface area contributed by atoms with Gasteiger partial charge in [0.2, 0.25) is 0 Å². The van der Waals surface area contributed by atoms with Crippen molar-refractivity contribution in [3.05, 3.63) is 42.5 Å². The van der Waals surface area contributed by atoms with Gasteiger partial charge in [-0.3, -0.25) is 4.79 Å². The van der Waals surface area contributed by atoms with Crippen molar-refractivity contribution >= 4 is 11.9 Å². The Kier molecular flexibility index (Phi) is 12.1. The molecule has 14 heteroatoms. The van der Waals surface area contributed by atoms with Gasteiger partial charge in [0.1, 0.15) is 19.3 Å². The van der Waals surface area contributed by atoms with E-state index in [0.717, 1.165) is 49.9 Å². The maximum absolute atomic E-state index is 13.6. The number of halogens is 3. The van der Waals surface area contributed by atoms with E-state index < -0.39 is 29.6 Å². The Balaban J connectivity index is 0.000000819. The second kappa shape index (κ2) is 15.7. The van der Waals surface area contributed by atoms with Crippen LogP contribution in [-0.2, 0) is 26.1 Å². The maximum atomic E-state index is 13.6. The zero-order valence-electron chi connectivity index (χ0n) is 38.4. The molecule has 0 radical (unpaired) electrons. The molecule has 4 fully saturated rings. The second-order valence-corrected chi connectivity index (χ2v) is 22.1. The SMILES string of the molecule is CC(C)[C@@H](C)[C@@]1(C)CC[C@]2(C)[C@H]3CC[C@@H]4[C@@]5(COC[C@@]4(C)[C@@H](OC[C@](C)(N)C(C)(C)C)[C@H](n4ncnc4-c4cc[n+](C)cc4)C5)C3=CC[C@@]2(C)[C@@H]1C(=O)O.O=C([O-])C(F)(F)F. The Morgan fingerprint density at radius 3 is 2.23 bits per heavy atom. The predicted molar refractivity (Wildman–Crippen MR) is 222 cm³/mol. The third kappa shape index (κ3) is 7.55. The summed E-state index contributed by atoms with van der Waals surface area (Å²) in [6, 6.07) is 4.12. The fraction of sp³-hybridized carbons (Fsp3) is 0.766. The summed E-state index contributed by atoms with van der Waals surface area (Å²) in [5, 5.41) is 25.0. The van der Waals surface area contributed by atoms with E-state index in [1.807, 2.05) is 11.6 Å². The Morgan fingerprint density at radius 2 is 1.67 bits per heavy atom. The highest BCUT2D eigenvalue weighted by atomic mass is 19.4. The number of ether oxygens (including phenoxy) is 2. The summed E-state index contributed by atoms with van der Waals surface area (Å²) in [6.45, 7) is 26.7. The van der Waals surface area contributed by atoms with Crippen LogP contribution in [0.15, 0.2) is 42.5 Å². The number of nitrogens with zero attached hydrogens (tertiary/aromatic N) is 4. The predicted octanol–water partition coefficient (Wildman–Crippen LogP) is 7.35. The smallest absolute Gasteiger partial charge is 0.430 e. The monoisotopic (exact) mass is 858 g/mol. The van der Waals surface area contributed by atoms with Crippen LogP contribution >= 0.6 is 0 Å². The number of aliphatic carboxylic acids is 2. The molecule has 1 aliphatic heterocycles. The van der Waals surface area contributed by atoms with Crippen LogP contribution in [0.2, 0.25) is 0 Å². The van der Waals surface area contributed by atoms with Crippen molar-refractivity contribution in [2.24, 2.45) is 74.9 Å². The largest absolute Gasteiger partial charge is 0.542 e. The van der Waals surface area contributed by atoms with Gasteiger partial charge in [0.15, 0.2) is 18.2 Å². The number of rotatable bonds is 8. The first kappa shape index (κ1) is 47.1. The number of aryl methyl sites for hydroxylation is 1. The molecule has 4 aliphatic carbocycles. The summed E-state index contributed by atoms with van der Waals surface area (Å²) < 4.78 is 49.8. The fourth-order valence-electron chi connectivity index (χ4n) is 13.0. The van der Waals surface area contributed by atoms with E-state index in [1.54, 1.807) is 6.33 Å². The number of alkyl halides is 3. The fourth-order valence-corrected chi connectivity index (χ4v) is 13.0. The van der Waals surface area contributed by atoms with Crippen molar-refractivity contribution in [1.82, 2.24) is 14.8 Å². The molecule has 1 saturated heterocycles. The number of carbonyl (C=O) groups is 2. The number of aromatic nitrogens is 4. The van der Waals surface area contributed by atoms with Gasteiger partial charge in [-0.15, -0.1) is 0 Å². The van der Waals surface area contributed by atoms with E-state index in [1.165, 1.54) is 5.57 Å². The molecule has 2 aromatic rings. The van der Waals surface area contributed by atoms with Crippen molar-refractivity contribution in [1.29, 1.82) is 0 Å². The highest BCUT2D eigenvalue weighted by Crippen LogP contribution is 2.75. The van der Waals surface area contributed by atoms with Crippen LogP contribution in [0, 0.1) is 62.1 Å². The Hall–Kier alpha value is -3.36. The summed E-state index contributed by atoms with van der Waals surface area (Å²) in [5.41, 5.74) is 7.53. The molecule has 0 aromatic carbocycles. The molecule has 3 saturated carbocycles. The summed E-state index contributed by atoms with van der Waals surface area (Å²) in [7, 11) is 2.03. The van der Waals surface area contributed by atoms with Gasteiger partial charge in [-0.05, 0) is 90.8 Å². The average Bonchev–Trinajstić information content (AvgIpc) is 3.64. The van der Waals surface area contributed by atoms with E-state index >= 15 is 0 Å². The number of allylic oxidation sites excluding steroid dienone is 1. The van der Waals surface area contributed by atoms with Crippen LogP contribution in [0.1, 0.15) is 121 Å². The van der Waals surface area contributed by atoms with Gasteiger partial charge in [-0.25, -0.2) is 14.2 Å². The summed E-state index contributed by atoms with van der Waals surface area (Å²) in [4.78, 5) is 27.3. The third-order valence-corrected chi connectivity index (χ3v) is 17.7. The van der Waals surface area contributed by atoms with Crippen molar-refractivity contribution in [3.63, 3.8) is 0 Å². The molecule has 12 atom stereocenters. The topological polar surface area (TPSA) is 156 Å². The Morgan fingerprint density at radius 1 is 1.05 bits per heavy atom. The van der Waals surface area contributed by atoms with Gasteiger partial charge in [0, 0.05) is 34.1 Å². The first-order valence-corrected chi connectivity index (χ1v) is 22.1. The number of nitrogens with two attached hydrogens (primary N) is 1. The summed E-state index contributed by atoms with van der Waals surface area (Å²) in [6.07, 6.45) is 8.65. The van der Waals surface area contributed by atoms with Gasteiger partial charge >= 0.3 is 12.1 Å². The number of carboxylic acids is 2. The number of fused-ring (bicyclic) bond motifs is 3. The minimum Gasteiger partial charge on any atom is -0.542 e. The van der Waals surface area contributed by atoms with Gasteiger partial charge in [-0.2, -0.15) is 18.3 Å². The van der Waals surface area contributed by atoms with Crippen molar-refractivity contribution < 1.29 is 47.0 Å². The molecule has 3 N–H and O–H groups in total. The second-order valence-electron chi connectivity index (χ2n) is 22.1. The van der Waals surface area contributed by atoms with Crippen molar-refractivity contribution in [2.75, 3.05) is 19.8 Å². The third-order valence-electron chi connectivity index (χ3n) is 17.7. The molecule has 0 spiro atoms. The minimum absolute atomic E-state index is 0.105. The summed E-state index contributed by atoms with van der Waals surface area (Å²) >= 11 is 0. The van der Waals surface area contributed by atoms with Gasteiger partial charge in [-0.1, -0.05) is 80.9 Å². The molecule has 11 nitrogen and oxygen atoms in total. The maximum Gasteiger partial charge on any atom is 0.430 e. The van der Waals surface area contributed by atoms with Crippen molar-refractivity contribution in [2.45, 2.75) is 139 Å². The number of carbonyl (C=O) groups excluding carboxylic acids is 1. The van der Waals surface area contributed by atoms with Crippen LogP contribution in [0.25, 0.3) is 11.4 Å². The zero-order valence-corrected chi connectivity index (χ0v) is 38.4. The van der Waals surface area contributed by atoms with E-state index in [-0.39, 0.29) is 50.6 Å². The first-order valence-electron chi connectivity index (χ1n) is 22.1. The van der Waals surface area contributed by atoms with Crippen molar-refractivity contribution in [3.8, 4) is 11.4 Å². The lowest BCUT2D eigenvalue weighted by Gasteiger charge is -2.71. The van der Waals surface area contributed by atoms with Crippen LogP contribution in [0.3, 0.4) is 0 Å². The molecule has 340 valence electrons. The zero-order chi connectivity index (χ0) is 45.5. The average molecular weight is 858 g/mol. The molecule has 7 rings (SSSR count). The molecule has 0 unspecified atom stereocenters. The number of pyridine rings is 1. The van der Waals surface area contributed by atoms with Crippen LogP contribution < -0.4 is 15.4 Å². The van der Waals surface area contributed by atoms with Crippen LogP contribution in [0.5, 0.6) is 0 Å². The normalized spacial score (nSPS) is 37.5. The molecule has 5 aliphatic rings. The van der Waals surface area contributed by atoms with E-state index in [0.29, 0.717) is 37.6 Å². The Labute approximate surface area is 360 Å². The number of carboxylic acid groups (broad SMARTS) is 2. The molecule has 2 aromatic heterocycles. The standard InChI is InChI=1S/C45H69N5O4.C2HF3O2/c1-28(2)29(3)40(7)19-20-42(9)31-13-14-34-41(8)24-53-26-45(34,32(31)15-18-43(42,10)35(40)38(51)52)23-33(36(41)54-25-44(11,46)39(4,5)6)50-37(47-27-48-50)30-16-21-49(12)22-17-30;3-2(4,5)1(6)7/h15-17,21-22,27-29,31,33-36H,13-14,18-20,23-26,46H2,1-12H3;(H,6,7)/t29-,31+,33-,34+,35-,36+,40-,41-,42-,43+,44+,45+;/m1./s1. The highest BCUT2D eigenvalue weighted by molar-refractivity contribution is 5.73. The molecule has 0 amide bonds. The number of hydrogen-bond acceptors (Lipinski definition) is 8. The lowest BCUT2D eigenvalue weighted by molar-refractivity contribution is -0.671. The summed E-state index contributed by atoms with van der Waals surface area (Å²) in [5.74, 6) is -1.84. The molecule has 3 heterocycles. The van der Waals surface area contributed by atoms with Crippen LogP contribution in [0.4, 0.5) is 13.2 Å². The number of hydrogen-bond donors (Lipinski definition) is 2. The molecule has 2 bridgehead atoms.